The van der Waals surface area contributed by atoms with Gasteiger partial charge in [-0.05, 0) is 37.1 Å². The third-order valence-corrected chi connectivity index (χ3v) is 2.33. The highest BCUT2D eigenvalue weighted by Crippen LogP contribution is 2.21. The van der Waals surface area contributed by atoms with Gasteiger partial charge in [-0.3, -0.25) is 0 Å². The van der Waals surface area contributed by atoms with Crippen molar-refractivity contribution < 1.29 is 4.74 Å². The van der Waals surface area contributed by atoms with Crippen LogP contribution in [0, 0.1) is 6.92 Å². The zero-order chi connectivity index (χ0) is 11.3. The molecule has 0 heterocycles. The molecule has 15 heavy (non-hydrogen) atoms. The van der Waals surface area contributed by atoms with Crippen molar-refractivity contribution in [2.45, 2.75) is 19.9 Å². The zero-order valence-electron chi connectivity index (χ0n) is 9.03. The number of benzene rings is 1. The molecule has 1 aromatic rings. The Morgan fingerprint density at radius 1 is 1.53 bits per heavy atom. The number of rotatable bonds is 4. The fraction of sp³-hybridized carbons (Fsp3) is 0.333. The lowest BCUT2D eigenvalue weighted by Crippen LogP contribution is -2.05. The van der Waals surface area contributed by atoms with E-state index in [1.54, 1.807) is 6.08 Å². The van der Waals surface area contributed by atoms with E-state index in [1.165, 1.54) is 5.54 Å². The molecule has 1 atom stereocenters. The summed E-state index contributed by atoms with van der Waals surface area (Å²) in [5.41, 5.74) is 9.44. The second-order valence-corrected chi connectivity index (χ2v) is 3.74. The summed E-state index contributed by atoms with van der Waals surface area (Å²) in [5, 5.41) is 0. The Balaban J connectivity index is 2.74. The number of nitrogens with two attached hydrogens (primary N) is 1. The summed E-state index contributed by atoms with van der Waals surface area (Å²) < 4.78 is 5.50. The van der Waals surface area contributed by atoms with Gasteiger partial charge in [0.15, 0.2) is 0 Å². The van der Waals surface area contributed by atoms with Crippen LogP contribution in [0.4, 0.5) is 0 Å². The van der Waals surface area contributed by atoms with Crippen molar-refractivity contribution in [2.24, 2.45) is 5.73 Å². The van der Waals surface area contributed by atoms with Gasteiger partial charge in [-0.15, -0.1) is 0 Å². The first-order valence-corrected chi connectivity index (χ1v) is 5.33. The highest BCUT2D eigenvalue weighted by atomic mass is 35.5. The Labute approximate surface area is 95.7 Å². The maximum absolute atomic E-state index is 5.78. The number of ether oxygens (including phenoxy) is 1. The van der Waals surface area contributed by atoms with Crippen LogP contribution in [0.15, 0.2) is 29.8 Å². The van der Waals surface area contributed by atoms with Gasteiger partial charge in [-0.2, -0.15) is 0 Å². The Morgan fingerprint density at radius 3 is 2.80 bits per heavy atom. The van der Waals surface area contributed by atoms with Crippen LogP contribution in [0.2, 0.25) is 0 Å². The third-order valence-electron chi connectivity index (χ3n) is 2.15. The van der Waals surface area contributed by atoms with E-state index in [0.717, 1.165) is 16.9 Å². The number of hydrogen-bond donors (Lipinski definition) is 1. The maximum atomic E-state index is 5.78. The smallest absolute Gasteiger partial charge is 0.122 e. The topological polar surface area (TPSA) is 35.2 Å². The molecule has 3 heteroatoms. The van der Waals surface area contributed by atoms with E-state index in [4.69, 9.17) is 22.1 Å². The molecule has 0 aliphatic carbocycles. The largest absolute Gasteiger partial charge is 0.489 e. The normalized spacial score (nSPS) is 13.1. The van der Waals surface area contributed by atoms with Crippen LogP contribution < -0.4 is 10.5 Å². The van der Waals surface area contributed by atoms with E-state index in [9.17, 15) is 0 Å². The van der Waals surface area contributed by atoms with Gasteiger partial charge in [0, 0.05) is 11.6 Å². The van der Waals surface area contributed by atoms with Crippen LogP contribution >= 0.6 is 11.6 Å². The molecule has 0 spiro atoms. The average Bonchev–Trinajstić information content (AvgIpc) is 2.20. The van der Waals surface area contributed by atoms with Gasteiger partial charge >= 0.3 is 0 Å². The minimum absolute atomic E-state index is 0.0560. The Morgan fingerprint density at radius 2 is 2.27 bits per heavy atom. The molecule has 1 rings (SSSR count). The molecule has 0 amide bonds. The highest BCUT2D eigenvalue weighted by Gasteiger charge is 2.03. The minimum atomic E-state index is 0.0560. The second-order valence-electron chi connectivity index (χ2n) is 3.49. The molecule has 0 aliphatic heterocycles. The predicted octanol–water partition coefficient (Wildman–Crippen LogP) is 3.15. The van der Waals surface area contributed by atoms with Gasteiger partial charge in [0.1, 0.15) is 12.4 Å². The number of aryl methyl sites for hydroxylation is 1. The van der Waals surface area contributed by atoms with Crippen molar-refractivity contribution >= 4 is 11.6 Å². The fourth-order valence-electron chi connectivity index (χ4n) is 1.29. The van der Waals surface area contributed by atoms with Crippen molar-refractivity contribution in [2.75, 3.05) is 6.61 Å². The van der Waals surface area contributed by atoms with Crippen LogP contribution in [-0.4, -0.2) is 6.61 Å². The van der Waals surface area contributed by atoms with E-state index in [-0.39, 0.29) is 6.04 Å². The third kappa shape index (κ3) is 3.57. The van der Waals surface area contributed by atoms with Crippen molar-refractivity contribution in [1.82, 2.24) is 0 Å². The molecule has 0 aliphatic rings. The standard InChI is InChI=1S/C12H16ClNO/c1-9-8-11(10(2)14)4-5-12(9)15-7-3-6-13/h3-6,8,10H,7,14H2,1-2H3/b6-3+/t10-/m0/s1. The van der Waals surface area contributed by atoms with Crippen molar-refractivity contribution in [1.29, 1.82) is 0 Å². The monoisotopic (exact) mass is 225 g/mol. The molecular weight excluding hydrogens is 210 g/mol. The van der Waals surface area contributed by atoms with Crippen molar-refractivity contribution in [3.63, 3.8) is 0 Å². The SMILES string of the molecule is Cc1cc([C@H](C)N)ccc1OC/C=C/Cl. The lowest BCUT2D eigenvalue weighted by Gasteiger charge is -2.11. The predicted molar refractivity (Wildman–Crippen MR) is 64.3 cm³/mol. The fourth-order valence-corrected chi connectivity index (χ4v) is 1.36. The first-order valence-electron chi connectivity index (χ1n) is 4.89. The van der Waals surface area contributed by atoms with Crippen LogP contribution in [0.1, 0.15) is 24.1 Å². The van der Waals surface area contributed by atoms with E-state index in [1.807, 2.05) is 32.0 Å². The summed E-state index contributed by atoms with van der Waals surface area (Å²) >= 11 is 5.40. The Bertz CT molecular complexity index is 347. The van der Waals surface area contributed by atoms with Crippen LogP contribution in [0.5, 0.6) is 5.75 Å². The highest BCUT2D eigenvalue weighted by molar-refractivity contribution is 6.25. The van der Waals surface area contributed by atoms with Gasteiger partial charge in [0.25, 0.3) is 0 Å². The van der Waals surface area contributed by atoms with Gasteiger partial charge in [-0.1, -0.05) is 23.7 Å². The summed E-state index contributed by atoms with van der Waals surface area (Å²) in [7, 11) is 0. The van der Waals surface area contributed by atoms with Crippen LogP contribution in [0.25, 0.3) is 0 Å². The number of hydrogen-bond acceptors (Lipinski definition) is 2. The van der Waals surface area contributed by atoms with E-state index in [2.05, 4.69) is 0 Å². The summed E-state index contributed by atoms with van der Waals surface area (Å²) in [4.78, 5) is 0. The molecule has 0 bridgehead atoms. The van der Waals surface area contributed by atoms with Gasteiger partial charge in [0.05, 0.1) is 0 Å². The lowest BCUT2D eigenvalue weighted by atomic mass is 10.1. The molecule has 1 aromatic carbocycles. The molecular formula is C12H16ClNO. The minimum Gasteiger partial charge on any atom is -0.489 e. The molecule has 0 aromatic heterocycles. The molecule has 0 saturated heterocycles. The molecule has 2 nitrogen and oxygen atoms in total. The molecule has 2 N–H and O–H groups in total. The van der Waals surface area contributed by atoms with Gasteiger partial charge in [-0.25, -0.2) is 0 Å². The summed E-state index contributed by atoms with van der Waals surface area (Å²) in [6.07, 6.45) is 1.75. The molecule has 0 unspecified atom stereocenters. The summed E-state index contributed by atoms with van der Waals surface area (Å²) in [6.45, 7) is 4.46. The van der Waals surface area contributed by atoms with Crippen molar-refractivity contribution in [3.05, 3.63) is 40.9 Å². The van der Waals surface area contributed by atoms with Crippen LogP contribution in [0.3, 0.4) is 0 Å². The maximum Gasteiger partial charge on any atom is 0.122 e. The zero-order valence-corrected chi connectivity index (χ0v) is 9.79. The average molecular weight is 226 g/mol. The second kappa shape index (κ2) is 5.79. The van der Waals surface area contributed by atoms with E-state index >= 15 is 0 Å². The van der Waals surface area contributed by atoms with E-state index in [0.29, 0.717) is 6.61 Å². The van der Waals surface area contributed by atoms with Crippen LogP contribution in [-0.2, 0) is 0 Å². The number of halogens is 1. The van der Waals surface area contributed by atoms with E-state index < -0.39 is 0 Å². The quantitative estimate of drug-likeness (QED) is 0.855. The Kier molecular flexibility index (Phi) is 4.66. The van der Waals surface area contributed by atoms with Gasteiger partial charge in [0.2, 0.25) is 0 Å². The first-order chi connectivity index (χ1) is 7.15. The molecule has 0 fully saturated rings. The first kappa shape index (κ1) is 12.1. The lowest BCUT2D eigenvalue weighted by molar-refractivity contribution is 0.360. The molecule has 0 radical (unpaired) electrons. The van der Waals surface area contributed by atoms with Gasteiger partial charge < -0.3 is 10.5 Å². The van der Waals surface area contributed by atoms with Crippen molar-refractivity contribution in [3.8, 4) is 5.75 Å². The molecule has 82 valence electrons. The summed E-state index contributed by atoms with van der Waals surface area (Å²) in [6, 6.07) is 6.03. The summed E-state index contributed by atoms with van der Waals surface area (Å²) in [5.74, 6) is 0.870. The Hall–Kier alpha value is -0.990. The molecule has 0 saturated carbocycles.